The quantitative estimate of drug-likeness (QED) is 0.615. The van der Waals surface area contributed by atoms with Crippen LogP contribution in [0, 0.1) is 5.92 Å². The van der Waals surface area contributed by atoms with Gasteiger partial charge in [-0.1, -0.05) is 13.8 Å². The highest BCUT2D eigenvalue weighted by Crippen LogP contribution is 2.47. The van der Waals surface area contributed by atoms with Gasteiger partial charge in [-0.05, 0) is 26.2 Å². The van der Waals surface area contributed by atoms with Gasteiger partial charge in [0.05, 0.1) is 24.7 Å². The Labute approximate surface area is 169 Å². The first kappa shape index (κ1) is 22.1. The smallest absolute Gasteiger partial charge is 0.268 e. The Kier molecular flexibility index (Phi) is 6.57. The maximum Gasteiger partial charge on any atom is 0.268 e. The molecule has 1 aliphatic rings. The van der Waals surface area contributed by atoms with Crippen LogP contribution in [0.3, 0.4) is 0 Å². The lowest BCUT2D eigenvalue weighted by molar-refractivity contribution is -0.236. The number of aromatic nitrogens is 4. The van der Waals surface area contributed by atoms with Crippen molar-refractivity contribution < 1.29 is 28.0 Å². The van der Waals surface area contributed by atoms with E-state index in [0.717, 1.165) is 0 Å². The average Bonchev–Trinajstić information content (AvgIpc) is 3.13. The van der Waals surface area contributed by atoms with Crippen LogP contribution in [0.15, 0.2) is 12.5 Å². The molecule has 0 spiro atoms. The highest BCUT2D eigenvalue weighted by molar-refractivity contribution is 7.45. The zero-order valence-corrected chi connectivity index (χ0v) is 18.0. The van der Waals surface area contributed by atoms with Crippen molar-refractivity contribution in [2.24, 2.45) is 5.92 Å². The first-order chi connectivity index (χ1) is 13.6. The van der Waals surface area contributed by atoms with Gasteiger partial charge in [0, 0.05) is 7.11 Å². The van der Waals surface area contributed by atoms with Gasteiger partial charge in [0.1, 0.15) is 17.7 Å². The van der Waals surface area contributed by atoms with E-state index in [0.29, 0.717) is 17.6 Å². The molecule has 29 heavy (non-hydrogen) atoms. The Balaban J connectivity index is 1.96. The summed E-state index contributed by atoms with van der Waals surface area (Å²) in [6, 6.07) is 0. The van der Waals surface area contributed by atoms with Crippen LogP contribution in [0.4, 0.5) is 5.95 Å². The van der Waals surface area contributed by atoms with Gasteiger partial charge < -0.3 is 29.1 Å². The molecule has 1 fully saturated rings. The number of hydrogen-bond acceptors (Lipinski definition) is 10. The summed E-state index contributed by atoms with van der Waals surface area (Å²) in [6.07, 6.45) is 0.159. The van der Waals surface area contributed by atoms with E-state index in [-0.39, 0.29) is 11.9 Å². The standard InChI is InChI=1S/C17H28N5O6P/c1-9(2)6-12-13(28-29(23,24)27-10(3)4)14(25-5)16(26-12)22-8-20-11-7-19-17(18)21-15(11)22/h7-10,12-14,16H,6H2,1-5H3,(H,23,24)(H2,18,19,21)/p-1/t12-,13?,14+,16-/m1/s1. The van der Waals surface area contributed by atoms with Crippen LogP contribution in [0.5, 0.6) is 0 Å². The fourth-order valence-electron chi connectivity index (χ4n) is 3.42. The van der Waals surface area contributed by atoms with Crippen LogP contribution in [0.25, 0.3) is 11.2 Å². The zero-order valence-electron chi connectivity index (χ0n) is 17.1. The third-order valence-corrected chi connectivity index (χ3v) is 5.64. The van der Waals surface area contributed by atoms with Gasteiger partial charge in [0.25, 0.3) is 7.82 Å². The molecule has 0 radical (unpaired) electrons. The van der Waals surface area contributed by atoms with E-state index in [1.165, 1.54) is 19.6 Å². The van der Waals surface area contributed by atoms with Crippen molar-refractivity contribution in [2.75, 3.05) is 12.8 Å². The van der Waals surface area contributed by atoms with Crippen molar-refractivity contribution in [1.29, 1.82) is 0 Å². The lowest BCUT2D eigenvalue weighted by Crippen LogP contribution is -2.37. The van der Waals surface area contributed by atoms with Gasteiger partial charge >= 0.3 is 0 Å². The number of phosphoric ester groups is 1. The summed E-state index contributed by atoms with van der Waals surface area (Å²) in [7, 11) is -3.10. The van der Waals surface area contributed by atoms with Crippen molar-refractivity contribution in [1.82, 2.24) is 19.5 Å². The Morgan fingerprint density at radius 1 is 1.31 bits per heavy atom. The van der Waals surface area contributed by atoms with Crippen molar-refractivity contribution >= 4 is 24.9 Å². The number of rotatable bonds is 8. The summed E-state index contributed by atoms with van der Waals surface area (Å²) in [5.41, 5.74) is 6.70. The Hall–Kier alpha value is -1.62. The molecule has 0 amide bonds. The Bertz CT molecular complexity index is 890. The van der Waals surface area contributed by atoms with Crippen molar-refractivity contribution in [2.45, 2.75) is 64.8 Å². The summed E-state index contributed by atoms with van der Waals surface area (Å²) in [4.78, 5) is 24.8. The maximum absolute atomic E-state index is 12.4. The Morgan fingerprint density at radius 2 is 2.03 bits per heavy atom. The second-order valence-corrected chi connectivity index (χ2v) is 8.97. The molecule has 0 saturated carbocycles. The average molecular weight is 428 g/mol. The van der Waals surface area contributed by atoms with Crippen molar-refractivity contribution in [3.63, 3.8) is 0 Å². The second-order valence-electron chi connectivity index (χ2n) is 7.66. The number of ether oxygens (including phenoxy) is 2. The van der Waals surface area contributed by atoms with E-state index in [1.54, 1.807) is 18.4 Å². The normalized spacial score (nSPS) is 27.2. The molecule has 0 aromatic carbocycles. The van der Waals surface area contributed by atoms with Crippen LogP contribution in [-0.2, 0) is 23.1 Å². The summed E-state index contributed by atoms with van der Waals surface area (Å²) in [5.74, 6) is 0.323. The van der Waals surface area contributed by atoms with Crippen LogP contribution >= 0.6 is 7.82 Å². The number of methoxy groups -OCH3 is 1. The van der Waals surface area contributed by atoms with E-state index in [4.69, 9.17) is 24.3 Å². The topological polar surface area (TPSA) is 147 Å². The van der Waals surface area contributed by atoms with Crippen LogP contribution in [0.2, 0.25) is 0 Å². The van der Waals surface area contributed by atoms with Gasteiger partial charge in [0.15, 0.2) is 11.9 Å². The van der Waals surface area contributed by atoms with Gasteiger partial charge in [-0.2, -0.15) is 4.98 Å². The molecule has 1 saturated heterocycles. The molecule has 162 valence electrons. The molecule has 12 heteroatoms. The summed E-state index contributed by atoms with van der Waals surface area (Å²) in [6.45, 7) is 7.25. The van der Waals surface area contributed by atoms with Crippen LogP contribution < -0.4 is 10.6 Å². The second kappa shape index (κ2) is 8.63. The van der Waals surface area contributed by atoms with Crippen molar-refractivity contribution in [3.8, 4) is 0 Å². The minimum absolute atomic E-state index is 0.0899. The maximum atomic E-state index is 12.4. The highest BCUT2D eigenvalue weighted by atomic mass is 31.2. The third-order valence-electron chi connectivity index (χ3n) is 4.46. The van der Waals surface area contributed by atoms with Gasteiger partial charge in [0.2, 0.25) is 5.95 Å². The largest absolute Gasteiger partial charge is 0.756 e. The minimum atomic E-state index is -4.57. The molecule has 1 aliphatic heterocycles. The van der Waals surface area contributed by atoms with Crippen molar-refractivity contribution in [3.05, 3.63) is 12.5 Å². The molecule has 0 bridgehead atoms. The summed E-state index contributed by atoms with van der Waals surface area (Å²) in [5, 5.41) is 0. The molecule has 0 aliphatic carbocycles. The number of nitrogens with zero attached hydrogens (tertiary/aromatic N) is 4. The number of anilines is 1. The van der Waals surface area contributed by atoms with E-state index >= 15 is 0 Å². The third kappa shape index (κ3) is 4.93. The van der Waals surface area contributed by atoms with Crippen LogP contribution in [-0.4, -0.2) is 51.0 Å². The minimum Gasteiger partial charge on any atom is -0.756 e. The number of phosphoric acid groups is 1. The molecule has 5 atom stereocenters. The van der Waals surface area contributed by atoms with E-state index < -0.39 is 38.5 Å². The molecular formula is C17H27N5O6P-. The number of nitrogen functional groups attached to an aromatic ring is 1. The monoisotopic (exact) mass is 428 g/mol. The first-order valence-electron chi connectivity index (χ1n) is 9.42. The molecule has 3 heterocycles. The molecule has 11 nitrogen and oxygen atoms in total. The molecule has 2 aromatic rings. The summed E-state index contributed by atoms with van der Waals surface area (Å²) < 4.78 is 36.2. The number of imidazole rings is 1. The fourth-order valence-corrected chi connectivity index (χ4v) is 4.54. The van der Waals surface area contributed by atoms with Gasteiger partial charge in [-0.3, -0.25) is 9.13 Å². The van der Waals surface area contributed by atoms with E-state index in [2.05, 4.69) is 15.0 Å². The molecule has 2 unspecified atom stereocenters. The lowest BCUT2D eigenvalue weighted by Gasteiger charge is -2.32. The molecule has 2 N–H and O–H groups in total. The van der Waals surface area contributed by atoms with Gasteiger partial charge in [-0.25, -0.2) is 9.97 Å². The number of hydrogen-bond donors (Lipinski definition) is 1. The zero-order chi connectivity index (χ0) is 21.3. The first-order valence-corrected chi connectivity index (χ1v) is 10.9. The van der Waals surface area contributed by atoms with Crippen LogP contribution in [0.1, 0.15) is 40.3 Å². The lowest BCUT2D eigenvalue weighted by atomic mass is 10.0. The number of nitrogens with two attached hydrogens (primary N) is 1. The molecular weight excluding hydrogens is 401 g/mol. The molecule has 3 rings (SSSR count). The SMILES string of the molecule is CO[C@H]1C(OP(=O)([O-])OC(C)C)[C@@H](CC(C)C)O[C@H]1n1cnc2cnc(N)nc21. The fraction of sp³-hybridized carbons (Fsp3) is 0.706. The molecule has 2 aromatic heterocycles. The Morgan fingerprint density at radius 3 is 2.66 bits per heavy atom. The predicted molar refractivity (Wildman–Crippen MR) is 103 cm³/mol. The van der Waals surface area contributed by atoms with E-state index in [1.807, 2.05) is 13.8 Å². The number of fused-ring (bicyclic) bond motifs is 1. The predicted octanol–water partition coefficient (Wildman–Crippen LogP) is 1.65. The van der Waals surface area contributed by atoms with Gasteiger partial charge in [-0.15, -0.1) is 0 Å². The van der Waals surface area contributed by atoms with E-state index in [9.17, 15) is 9.46 Å². The highest BCUT2D eigenvalue weighted by Gasteiger charge is 2.49. The summed E-state index contributed by atoms with van der Waals surface area (Å²) >= 11 is 0.